The summed E-state index contributed by atoms with van der Waals surface area (Å²) in [5.41, 5.74) is 1.000. The maximum absolute atomic E-state index is 12.7. The van der Waals surface area contributed by atoms with Crippen LogP contribution in [0.4, 0.5) is 11.8 Å². The second-order valence-corrected chi connectivity index (χ2v) is 8.58. The molecule has 2 amide bonds. The Morgan fingerprint density at radius 2 is 1.85 bits per heavy atom. The van der Waals surface area contributed by atoms with Gasteiger partial charge in [0.15, 0.2) is 5.82 Å². The van der Waals surface area contributed by atoms with Gasteiger partial charge >= 0.3 is 0 Å². The Morgan fingerprint density at radius 1 is 1.12 bits per heavy atom. The third kappa shape index (κ3) is 6.00. The van der Waals surface area contributed by atoms with Crippen LogP contribution in [0.3, 0.4) is 0 Å². The van der Waals surface area contributed by atoms with Gasteiger partial charge in [-0.3, -0.25) is 24.3 Å². The number of rotatable bonds is 7. The number of amides is 2. The number of aromatic nitrogens is 3. The first-order valence-electron chi connectivity index (χ1n) is 11.5. The molecule has 4 rings (SSSR count). The summed E-state index contributed by atoms with van der Waals surface area (Å²) in [5, 5.41) is 6.46. The van der Waals surface area contributed by atoms with E-state index in [-0.39, 0.29) is 30.3 Å². The highest BCUT2D eigenvalue weighted by molar-refractivity contribution is 5.91. The first-order valence-corrected chi connectivity index (χ1v) is 11.5. The van der Waals surface area contributed by atoms with E-state index in [2.05, 4.69) is 20.4 Å². The summed E-state index contributed by atoms with van der Waals surface area (Å²) in [6, 6.07) is 1.66. The highest BCUT2D eigenvalue weighted by Gasteiger charge is 2.23. The average molecular weight is 474 g/mol. The summed E-state index contributed by atoms with van der Waals surface area (Å²) in [6.07, 6.45) is 0.588. The Bertz CT molecular complexity index is 1070. The maximum atomic E-state index is 12.7. The molecule has 2 N–H and O–H groups in total. The van der Waals surface area contributed by atoms with E-state index in [0.29, 0.717) is 87.7 Å². The molecule has 12 heteroatoms. The number of piperazine rings is 1. The zero-order valence-corrected chi connectivity index (χ0v) is 19.6. The summed E-state index contributed by atoms with van der Waals surface area (Å²) >= 11 is 0. The van der Waals surface area contributed by atoms with Crippen molar-refractivity contribution in [3.8, 4) is 0 Å². The van der Waals surface area contributed by atoms with Crippen LogP contribution < -0.4 is 15.8 Å². The molecule has 0 spiro atoms. The van der Waals surface area contributed by atoms with Crippen molar-refractivity contribution in [2.75, 3.05) is 69.2 Å². The number of nitrogens with zero attached hydrogens (tertiary/aromatic N) is 5. The molecular formula is C22H31N7O5. The molecule has 2 saturated heterocycles. The fourth-order valence-corrected chi connectivity index (χ4v) is 4.17. The molecule has 2 aromatic rings. The zero-order valence-electron chi connectivity index (χ0n) is 19.6. The molecule has 0 aliphatic carbocycles. The average Bonchev–Trinajstić information content (AvgIpc) is 3.23. The Labute approximate surface area is 197 Å². The lowest BCUT2D eigenvalue weighted by Crippen LogP contribution is -2.50. The van der Waals surface area contributed by atoms with Gasteiger partial charge < -0.3 is 24.4 Å². The molecule has 4 heterocycles. The molecule has 0 bridgehead atoms. The Kier molecular flexibility index (Phi) is 7.58. The lowest BCUT2D eigenvalue weighted by Gasteiger charge is -2.34. The molecule has 0 unspecified atom stereocenters. The number of H-pyrrole nitrogens is 1. The molecule has 2 aliphatic rings. The third-order valence-electron chi connectivity index (χ3n) is 6.10. The van der Waals surface area contributed by atoms with E-state index in [1.807, 2.05) is 16.7 Å². The number of ether oxygens (including phenoxy) is 1. The number of carbonyl (C=O) groups excluding carboxylic acids is 2. The summed E-state index contributed by atoms with van der Waals surface area (Å²) < 4.78 is 10.3. The van der Waals surface area contributed by atoms with E-state index in [1.165, 1.54) is 0 Å². The fourth-order valence-electron chi connectivity index (χ4n) is 4.17. The molecular weight excluding hydrogens is 442 g/mol. The SMILES string of the molecule is Cc1cc(NC(=O)CN2CCN(C(=O)CCc3c(C)nc(N4CCOCC4)[nH]c3=O)CC2)no1. The summed E-state index contributed by atoms with van der Waals surface area (Å²) in [7, 11) is 0. The van der Waals surface area contributed by atoms with Gasteiger partial charge in [0.2, 0.25) is 17.8 Å². The normalized spacial score (nSPS) is 17.1. The summed E-state index contributed by atoms with van der Waals surface area (Å²) in [6.45, 7) is 8.68. The van der Waals surface area contributed by atoms with Gasteiger partial charge in [-0.15, -0.1) is 0 Å². The van der Waals surface area contributed by atoms with Crippen LogP contribution in [0.25, 0.3) is 0 Å². The number of carbonyl (C=O) groups is 2. The molecule has 2 aromatic heterocycles. The minimum absolute atomic E-state index is 0.00164. The predicted octanol–water partition coefficient (Wildman–Crippen LogP) is -0.0732. The van der Waals surface area contributed by atoms with Gasteiger partial charge in [-0.1, -0.05) is 5.16 Å². The van der Waals surface area contributed by atoms with E-state index < -0.39 is 0 Å². The van der Waals surface area contributed by atoms with Crippen molar-refractivity contribution in [2.24, 2.45) is 0 Å². The molecule has 2 aliphatic heterocycles. The van der Waals surface area contributed by atoms with Crippen molar-refractivity contribution in [2.45, 2.75) is 26.7 Å². The summed E-state index contributed by atoms with van der Waals surface area (Å²) in [4.78, 5) is 50.8. The van der Waals surface area contributed by atoms with Gasteiger partial charge in [-0.05, 0) is 20.3 Å². The van der Waals surface area contributed by atoms with E-state index >= 15 is 0 Å². The highest BCUT2D eigenvalue weighted by atomic mass is 16.5. The van der Waals surface area contributed by atoms with Crippen LogP contribution in [0, 0.1) is 13.8 Å². The molecule has 184 valence electrons. The van der Waals surface area contributed by atoms with Crippen molar-refractivity contribution in [3.63, 3.8) is 0 Å². The number of aryl methyl sites for hydroxylation is 2. The topological polar surface area (TPSA) is 137 Å². The van der Waals surface area contributed by atoms with E-state index in [0.717, 1.165) is 0 Å². The molecule has 34 heavy (non-hydrogen) atoms. The Balaban J connectivity index is 1.23. The van der Waals surface area contributed by atoms with Crippen LogP contribution in [0.2, 0.25) is 0 Å². The second-order valence-electron chi connectivity index (χ2n) is 8.58. The van der Waals surface area contributed by atoms with Crippen LogP contribution in [-0.2, 0) is 20.7 Å². The van der Waals surface area contributed by atoms with Crippen molar-refractivity contribution in [1.29, 1.82) is 0 Å². The van der Waals surface area contributed by atoms with Gasteiger partial charge in [0, 0.05) is 63.0 Å². The van der Waals surface area contributed by atoms with E-state index in [9.17, 15) is 14.4 Å². The standard InChI is InChI=1S/C22H31N7O5/c1-15-13-18(26-34-15)24-19(30)14-27-5-7-28(8-6-27)20(31)4-3-17-16(2)23-22(25-21(17)32)29-9-11-33-12-10-29/h13H,3-12,14H2,1-2H3,(H,23,25,32)(H,24,26,30). The van der Waals surface area contributed by atoms with Crippen molar-refractivity contribution in [3.05, 3.63) is 33.4 Å². The number of anilines is 2. The smallest absolute Gasteiger partial charge is 0.255 e. The van der Waals surface area contributed by atoms with Gasteiger partial charge in [0.05, 0.1) is 19.8 Å². The minimum atomic E-state index is -0.195. The first-order chi connectivity index (χ1) is 16.4. The van der Waals surface area contributed by atoms with Crippen LogP contribution in [-0.4, -0.2) is 95.8 Å². The maximum Gasteiger partial charge on any atom is 0.255 e. The lowest BCUT2D eigenvalue weighted by molar-refractivity contribution is -0.133. The van der Waals surface area contributed by atoms with Crippen LogP contribution in [0.1, 0.15) is 23.4 Å². The monoisotopic (exact) mass is 473 g/mol. The minimum Gasteiger partial charge on any atom is -0.378 e. The lowest BCUT2D eigenvalue weighted by atomic mass is 10.1. The fraction of sp³-hybridized carbons (Fsp3) is 0.591. The van der Waals surface area contributed by atoms with Gasteiger partial charge in [0.25, 0.3) is 5.56 Å². The third-order valence-corrected chi connectivity index (χ3v) is 6.10. The van der Waals surface area contributed by atoms with Gasteiger partial charge in [-0.2, -0.15) is 0 Å². The second kappa shape index (κ2) is 10.8. The van der Waals surface area contributed by atoms with E-state index in [1.54, 1.807) is 17.9 Å². The molecule has 0 radical (unpaired) electrons. The zero-order chi connectivity index (χ0) is 24.1. The van der Waals surface area contributed by atoms with Crippen molar-refractivity contribution >= 4 is 23.6 Å². The Hall–Kier alpha value is -3.25. The van der Waals surface area contributed by atoms with Crippen LogP contribution in [0.15, 0.2) is 15.4 Å². The predicted molar refractivity (Wildman–Crippen MR) is 124 cm³/mol. The molecule has 0 saturated carbocycles. The van der Waals surface area contributed by atoms with Gasteiger partial charge in [-0.25, -0.2) is 4.98 Å². The number of morpholine rings is 1. The quantitative estimate of drug-likeness (QED) is 0.566. The number of hydrogen-bond donors (Lipinski definition) is 2. The summed E-state index contributed by atoms with van der Waals surface area (Å²) in [5.74, 6) is 1.41. The van der Waals surface area contributed by atoms with Crippen molar-refractivity contribution in [1.82, 2.24) is 24.9 Å². The molecule has 0 aromatic carbocycles. The van der Waals surface area contributed by atoms with Gasteiger partial charge in [0.1, 0.15) is 5.76 Å². The molecule has 0 atom stereocenters. The largest absolute Gasteiger partial charge is 0.378 e. The van der Waals surface area contributed by atoms with Crippen LogP contribution >= 0.6 is 0 Å². The highest BCUT2D eigenvalue weighted by Crippen LogP contribution is 2.13. The Morgan fingerprint density at radius 3 is 2.50 bits per heavy atom. The number of hydrogen-bond acceptors (Lipinski definition) is 9. The van der Waals surface area contributed by atoms with E-state index in [4.69, 9.17) is 9.26 Å². The molecule has 2 fully saturated rings. The first kappa shape index (κ1) is 23.9. The molecule has 12 nitrogen and oxygen atoms in total. The van der Waals surface area contributed by atoms with Crippen LogP contribution in [0.5, 0.6) is 0 Å². The number of aromatic amines is 1. The van der Waals surface area contributed by atoms with Crippen molar-refractivity contribution < 1.29 is 18.8 Å². The number of nitrogens with one attached hydrogen (secondary N) is 2.